The van der Waals surface area contributed by atoms with E-state index in [1.807, 2.05) is 0 Å². The van der Waals surface area contributed by atoms with E-state index in [1.165, 1.54) is 30.4 Å². The normalized spacial score (nSPS) is 33.3. The van der Waals surface area contributed by atoms with Crippen molar-refractivity contribution in [3.8, 4) is 5.75 Å². The third-order valence-corrected chi connectivity index (χ3v) is 7.16. The summed E-state index contributed by atoms with van der Waals surface area (Å²) in [4.78, 5) is 0. The van der Waals surface area contributed by atoms with E-state index in [-0.39, 0.29) is 11.2 Å². The van der Waals surface area contributed by atoms with Crippen LogP contribution < -0.4 is 4.74 Å². The average molecular weight is 326 g/mol. The van der Waals surface area contributed by atoms with Gasteiger partial charge in [0.25, 0.3) is 0 Å². The molecule has 0 N–H and O–H groups in total. The second kappa shape index (κ2) is 5.09. The summed E-state index contributed by atoms with van der Waals surface area (Å²) in [6.07, 6.45) is 6.90. The van der Waals surface area contributed by atoms with Crippen molar-refractivity contribution in [1.29, 1.82) is 0 Å². The monoisotopic (exact) mass is 326 g/mol. The van der Waals surface area contributed by atoms with Crippen LogP contribution in [0, 0.1) is 11.3 Å². The molecule has 3 heteroatoms. The van der Waals surface area contributed by atoms with Crippen molar-refractivity contribution in [2.24, 2.45) is 11.3 Å². The Morgan fingerprint density at radius 2 is 1.92 bits per heavy atom. The molecule has 1 aromatic carbocycles. The van der Waals surface area contributed by atoms with Gasteiger partial charge in [0.15, 0.2) is 5.79 Å². The number of rotatable bonds is 1. The number of benzene rings is 1. The molecule has 1 spiro atoms. The van der Waals surface area contributed by atoms with Gasteiger partial charge < -0.3 is 14.2 Å². The lowest BCUT2D eigenvalue weighted by atomic mass is 9.61. The van der Waals surface area contributed by atoms with Crippen molar-refractivity contribution in [2.75, 3.05) is 20.3 Å². The molecule has 1 saturated heterocycles. The first-order valence-corrected chi connectivity index (χ1v) is 9.34. The van der Waals surface area contributed by atoms with Gasteiger partial charge in [-0.2, -0.15) is 0 Å². The molecule has 5 rings (SSSR count). The van der Waals surface area contributed by atoms with E-state index in [9.17, 15) is 0 Å². The van der Waals surface area contributed by atoms with Crippen LogP contribution in [-0.4, -0.2) is 26.1 Å². The molecule has 24 heavy (non-hydrogen) atoms. The summed E-state index contributed by atoms with van der Waals surface area (Å²) in [5.41, 5.74) is 6.37. The molecule has 1 heterocycles. The predicted molar refractivity (Wildman–Crippen MR) is 92.9 cm³/mol. The Balaban J connectivity index is 1.57. The number of hydrogen-bond acceptors (Lipinski definition) is 3. The molecule has 2 fully saturated rings. The number of aryl methyl sites for hydroxylation is 1. The highest BCUT2D eigenvalue weighted by Gasteiger charge is 2.62. The van der Waals surface area contributed by atoms with Gasteiger partial charge in [-0.25, -0.2) is 0 Å². The Morgan fingerprint density at radius 1 is 1.08 bits per heavy atom. The van der Waals surface area contributed by atoms with Crippen molar-refractivity contribution in [3.63, 3.8) is 0 Å². The highest BCUT2D eigenvalue weighted by atomic mass is 16.7. The third-order valence-electron chi connectivity index (χ3n) is 7.16. The first-order chi connectivity index (χ1) is 11.7. The Hall–Kier alpha value is -1.32. The zero-order valence-corrected chi connectivity index (χ0v) is 14.7. The molecular formula is C21H26O3. The number of allylic oxidation sites excluding steroid dienone is 2. The van der Waals surface area contributed by atoms with E-state index in [0.29, 0.717) is 5.92 Å². The van der Waals surface area contributed by atoms with E-state index in [4.69, 9.17) is 14.2 Å². The maximum absolute atomic E-state index is 6.19. The van der Waals surface area contributed by atoms with Crippen LogP contribution >= 0.6 is 0 Å². The van der Waals surface area contributed by atoms with E-state index < -0.39 is 0 Å². The van der Waals surface area contributed by atoms with Gasteiger partial charge in [-0.3, -0.25) is 0 Å². The van der Waals surface area contributed by atoms with Crippen molar-refractivity contribution >= 4 is 5.57 Å². The second-order valence-corrected chi connectivity index (χ2v) is 7.99. The quantitative estimate of drug-likeness (QED) is 0.768. The lowest BCUT2D eigenvalue weighted by molar-refractivity contribution is -0.225. The highest BCUT2D eigenvalue weighted by molar-refractivity contribution is 5.75. The number of ether oxygens (including phenoxy) is 3. The van der Waals surface area contributed by atoms with Crippen molar-refractivity contribution in [3.05, 3.63) is 34.9 Å². The highest BCUT2D eigenvalue weighted by Crippen LogP contribution is 2.64. The van der Waals surface area contributed by atoms with Crippen LogP contribution in [0.25, 0.3) is 5.57 Å². The topological polar surface area (TPSA) is 27.7 Å². The molecule has 0 amide bonds. The van der Waals surface area contributed by atoms with Crippen LogP contribution in [0.1, 0.15) is 50.2 Å². The largest absolute Gasteiger partial charge is 0.497 e. The fraction of sp³-hybridized carbons (Fsp3) is 0.619. The van der Waals surface area contributed by atoms with Gasteiger partial charge >= 0.3 is 0 Å². The first kappa shape index (κ1) is 15.0. The fourth-order valence-corrected chi connectivity index (χ4v) is 5.91. The lowest BCUT2D eigenvalue weighted by Gasteiger charge is -2.47. The van der Waals surface area contributed by atoms with E-state index in [0.717, 1.165) is 38.2 Å². The van der Waals surface area contributed by atoms with E-state index in [2.05, 4.69) is 25.1 Å². The van der Waals surface area contributed by atoms with Gasteiger partial charge in [-0.05, 0) is 66.9 Å². The molecule has 1 saturated carbocycles. The Morgan fingerprint density at radius 3 is 2.71 bits per heavy atom. The van der Waals surface area contributed by atoms with E-state index >= 15 is 0 Å². The predicted octanol–water partition coefficient (Wildman–Crippen LogP) is 4.35. The van der Waals surface area contributed by atoms with Crippen molar-refractivity contribution < 1.29 is 14.2 Å². The van der Waals surface area contributed by atoms with Crippen LogP contribution in [0.5, 0.6) is 5.75 Å². The number of fused-ring (bicyclic) bond motifs is 5. The van der Waals surface area contributed by atoms with Gasteiger partial charge in [-0.15, -0.1) is 0 Å². The van der Waals surface area contributed by atoms with Gasteiger partial charge in [0.2, 0.25) is 0 Å². The van der Waals surface area contributed by atoms with Crippen molar-refractivity contribution in [2.45, 2.75) is 51.2 Å². The Bertz CT molecular complexity index is 714. The molecule has 0 bridgehead atoms. The molecule has 3 nitrogen and oxygen atoms in total. The molecule has 0 radical (unpaired) electrons. The maximum atomic E-state index is 6.19. The molecule has 2 atom stereocenters. The number of hydrogen-bond donors (Lipinski definition) is 0. The molecular weight excluding hydrogens is 300 g/mol. The van der Waals surface area contributed by atoms with Gasteiger partial charge in [0.05, 0.1) is 20.3 Å². The van der Waals surface area contributed by atoms with Crippen LogP contribution in [0.2, 0.25) is 0 Å². The summed E-state index contributed by atoms with van der Waals surface area (Å²) >= 11 is 0. The minimum absolute atomic E-state index is 0.145. The molecule has 128 valence electrons. The second-order valence-electron chi connectivity index (χ2n) is 7.99. The average Bonchev–Trinajstić information content (AvgIpc) is 3.21. The Kier molecular flexibility index (Phi) is 3.18. The fourth-order valence-electron chi connectivity index (χ4n) is 5.91. The summed E-state index contributed by atoms with van der Waals surface area (Å²) in [7, 11) is 1.75. The summed E-state index contributed by atoms with van der Waals surface area (Å²) in [5, 5.41) is 0. The minimum atomic E-state index is -0.309. The molecule has 0 aromatic heterocycles. The lowest BCUT2D eigenvalue weighted by Crippen LogP contribution is -2.48. The molecule has 3 aliphatic carbocycles. The molecule has 0 unspecified atom stereocenters. The SMILES string of the molecule is COc1ccc2c(c1)CCC1=C2CC[C@@]2(C)[C@H]1CCC21OCCO1. The zero-order chi connectivity index (χ0) is 16.4. The van der Waals surface area contributed by atoms with Gasteiger partial charge in [0.1, 0.15) is 5.75 Å². The van der Waals surface area contributed by atoms with Crippen LogP contribution in [0.15, 0.2) is 23.8 Å². The third kappa shape index (κ3) is 1.80. The number of methoxy groups -OCH3 is 1. The van der Waals surface area contributed by atoms with Crippen LogP contribution in [0.3, 0.4) is 0 Å². The van der Waals surface area contributed by atoms with E-state index in [1.54, 1.807) is 18.3 Å². The molecule has 1 aliphatic heterocycles. The van der Waals surface area contributed by atoms with Gasteiger partial charge in [-0.1, -0.05) is 18.6 Å². The summed E-state index contributed by atoms with van der Waals surface area (Å²) in [6, 6.07) is 6.62. The van der Waals surface area contributed by atoms with Crippen LogP contribution in [0.4, 0.5) is 0 Å². The maximum Gasteiger partial charge on any atom is 0.174 e. The van der Waals surface area contributed by atoms with Gasteiger partial charge in [0, 0.05) is 11.8 Å². The molecule has 4 aliphatic rings. The summed E-state index contributed by atoms with van der Waals surface area (Å²) in [6.45, 7) is 3.94. The smallest absolute Gasteiger partial charge is 0.174 e. The van der Waals surface area contributed by atoms with Crippen molar-refractivity contribution in [1.82, 2.24) is 0 Å². The van der Waals surface area contributed by atoms with Crippen LogP contribution in [-0.2, 0) is 15.9 Å². The first-order valence-electron chi connectivity index (χ1n) is 9.34. The standard InChI is InChI=1S/C21H26O3/c1-20-9-7-17-16-6-4-15(22-2)13-14(16)3-5-18(17)19(20)8-10-21(20)23-11-12-24-21/h4,6,13,19H,3,5,7-12H2,1-2H3/t19-,20-/m0/s1. The Labute approximate surface area is 144 Å². The summed E-state index contributed by atoms with van der Waals surface area (Å²) < 4.78 is 17.8. The molecule has 1 aromatic rings. The summed E-state index contributed by atoms with van der Waals surface area (Å²) in [5.74, 6) is 1.29. The zero-order valence-electron chi connectivity index (χ0n) is 14.7. The minimum Gasteiger partial charge on any atom is -0.497 e.